The molecule has 1 fully saturated rings. The van der Waals surface area contributed by atoms with E-state index >= 15 is 0 Å². The van der Waals surface area contributed by atoms with Crippen molar-refractivity contribution in [2.45, 2.75) is 25.9 Å². The molecule has 0 bridgehead atoms. The predicted octanol–water partition coefficient (Wildman–Crippen LogP) is 2.05. The number of ketones is 1. The molecule has 1 unspecified atom stereocenters. The van der Waals surface area contributed by atoms with Crippen molar-refractivity contribution in [1.29, 1.82) is 0 Å². The molecule has 1 aliphatic heterocycles. The highest BCUT2D eigenvalue weighted by Gasteiger charge is 2.27. The third-order valence-corrected chi connectivity index (χ3v) is 3.61. The summed E-state index contributed by atoms with van der Waals surface area (Å²) in [5.41, 5.74) is 0.879. The molecule has 21 heavy (non-hydrogen) atoms. The Kier molecular flexibility index (Phi) is 4.17. The van der Waals surface area contributed by atoms with Crippen LogP contribution in [0.25, 0.3) is 0 Å². The SMILES string of the molecule is Cc1cc(CN2CCOCC2CC(=O)c2ccco2)no1. The van der Waals surface area contributed by atoms with E-state index in [0.29, 0.717) is 31.9 Å². The Hall–Kier alpha value is -1.92. The van der Waals surface area contributed by atoms with Crippen LogP contribution in [0.2, 0.25) is 0 Å². The second-order valence-corrected chi connectivity index (χ2v) is 5.23. The molecular weight excluding hydrogens is 272 g/mol. The van der Waals surface area contributed by atoms with E-state index in [4.69, 9.17) is 13.7 Å². The van der Waals surface area contributed by atoms with E-state index in [1.807, 2.05) is 13.0 Å². The molecule has 0 spiro atoms. The van der Waals surface area contributed by atoms with Crippen LogP contribution in [0.3, 0.4) is 0 Å². The molecule has 0 N–H and O–H groups in total. The minimum atomic E-state index is -0.00293. The first-order chi connectivity index (χ1) is 10.2. The smallest absolute Gasteiger partial charge is 0.199 e. The van der Waals surface area contributed by atoms with Crippen molar-refractivity contribution in [3.8, 4) is 0 Å². The van der Waals surface area contributed by atoms with Crippen LogP contribution in [0.4, 0.5) is 0 Å². The van der Waals surface area contributed by atoms with Crippen LogP contribution in [-0.4, -0.2) is 41.6 Å². The predicted molar refractivity (Wildman–Crippen MR) is 73.9 cm³/mol. The fourth-order valence-electron chi connectivity index (χ4n) is 2.54. The van der Waals surface area contributed by atoms with Gasteiger partial charge in [-0.15, -0.1) is 0 Å². The minimum absolute atomic E-state index is 0.00293. The summed E-state index contributed by atoms with van der Waals surface area (Å²) in [7, 11) is 0. The number of aryl methyl sites for hydroxylation is 1. The summed E-state index contributed by atoms with van der Waals surface area (Å²) >= 11 is 0. The van der Waals surface area contributed by atoms with E-state index in [1.165, 1.54) is 6.26 Å². The topological polar surface area (TPSA) is 68.7 Å². The standard InChI is InChI=1S/C15H18N2O4/c1-11-7-12(16-21-11)9-17-4-6-19-10-13(17)8-14(18)15-3-2-5-20-15/h2-3,5,7,13H,4,6,8-10H2,1H3. The molecule has 3 rings (SSSR count). The van der Waals surface area contributed by atoms with Crippen LogP contribution >= 0.6 is 0 Å². The molecule has 0 aromatic carbocycles. The van der Waals surface area contributed by atoms with E-state index in [1.54, 1.807) is 12.1 Å². The Bertz CT molecular complexity index is 591. The lowest BCUT2D eigenvalue weighted by Gasteiger charge is -2.34. The van der Waals surface area contributed by atoms with Gasteiger partial charge in [0.1, 0.15) is 5.76 Å². The third-order valence-electron chi connectivity index (χ3n) is 3.61. The summed E-state index contributed by atoms with van der Waals surface area (Å²) in [6.45, 7) is 4.53. The van der Waals surface area contributed by atoms with Crippen molar-refractivity contribution in [1.82, 2.24) is 10.1 Å². The number of morpholine rings is 1. The van der Waals surface area contributed by atoms with Crippen LogP contribution in [-0.2, 0) is 11.3 Å². The van der Waals surface area contributed by atoms with Crippen LogP contribution in [0.5, 0.6) is 0 Å². The fourth-order valence-corrected chi connectivity index (χ4v) is 2.54. The lowest BCUT2D eigenvalue weighted by atomic mass is 10.1. The molecule has 1 aliphatic rings. The number of hydrogen-bond donors (Lipinski definition) is 0. The summed E-state index contributed by atoms with van der Waals surface area (Å²) in [4.78, 5) is 14.4. The molecule has 0 saturated carbocycles. The Morgan fingerprint density at radius 3 is 3.14 bits per heavy atom. The molecule has 6 heteroatoms. The highest BCUT2D eigenvalue weighted by molar-refractivity contribution is 5.93. The first-order valence-corrected chi connectivity index (χ1v) is 7.03. The maximum Gasteiger partial charge on any atom is 0.199 e. The third kappa shape index (κ3) is 3.40. The number of hydrogen-bond acceptors (Lipinski definition) is 6. The molecule has 1 saturated heterocycles. The maximum atomic E-state index is 12.2. The van der Waals surface area contributed by atoms with Gasteiger partial charge in [0.25, 0.3) is 0 Å². The lowest BCUT2D eigenvalue weighted by Crippen LogP contribution is -2.45. The number of Topliss-reactive ketones (excluding diaryl/α,β-unsaturated/α-hetero) is 1. The molecule has 0 amide bonds. The van der Waals surface area contributed by atoms with Gasteiger partial charge < -0.3 is 13.7 Å². The summed E-state index contributed by atoms with van der Waals surface area (Å²) in [5.74, 6) is 1.19. The molecule has 0 radical (unpaired) electrons. The summed E-state index contributed by atoms with van der Waals surface area (Å²) in [6.07, 6.45) is 1.89. The van der Waals surface area contributed by atoms with Gasteiger partial charge in [0.2, 0.25) is 0 Å². The normalized spacial score (nSPS) is 19.8. The fraction of sp³-hybridized carbons (Fsp3) is 0.467. The summed E-state index contributed by atoms with van der Waals surface area (Å²) < 4.78 is 15.8. The van der Waals surface area contributed by atoms with Crippen LogP contribution < -0.4 is 0 Å². The van der Waals surface area contributed by atoms with Gasteiger partial charge in [-0.25, -0.2) is 0 Å². The Labute approximate surface area is 122 Å². The minimum Gasteiger partial charge on any atom is -0.461 e. The monoisotopic (exact) mass is 290 g/mol. The number of carbonyl (C=O) groups is 1. The van der Waals surface area contributed by atoms with Crippen molar-refractivity contribution in [3.63, 3.8) is 0 Å². The van der Waals surface area contributed by atoms with Gasteiger partial charge in [-0.3, -0.25) is 9.69 Å². The molecule has 3 heterocycles. The average Bonchev–Trinajstić information content (AvgIpc) is 3.13. The molecule has 6 nitrogen and oxygen atoms in total. The maximum absolute atomic E-state index is 12.2. The molecule has 0 aliphatic carbocycles. The molecular formula is C15H18N2O4. The summed E-state index contributed by atoms with van der Waals surface area (Å²) in [6, 6.07) is 5.37. The van der Waals surface area contributed by atoms with Crippen LogP contribution in [0.15, 0.2) is 33.4 Å². The number of carbonyl (C=O) groups excluding carboxylic acids is 1. The van der Waals surface area contributed by atoms with Crippen molar-refractivity contribution < 1.29 is 18.5 Å². The summed E-state index contributed by atoms with van der Waals surface area (Å²) in [5, 5.41) is 4.01. The van der Waals surface area contributed by atoms with E-state index in [2.05, 4.69) is 10.1 Å². The van der Waals surface area contributed by atoms with Crippen molar-refractivity contribution >= 4 is 5.78 Å². The zero-order chi connectivity index (χ0) is 14.7. The van der Waals surface area contributed by atoms with Crippen molar-refractivity contribution in [3.05, 3.63) is 41.7 Å². The van der Waals surface area contributed by atoms with E-state index in [-0.39, 0.29) is 11.8 Å². The van der Waals surface area contributed by atoms with Gasteiger partial charge in [-0.2, -0.15) is 0 Å². The van der Waals surface area contributed by atoms with Crippen molar-refractivity contribution in [2.24, 2.45) is 0 Å². The van der Waals surface area contributed by atoms with Crippen LogP contribution in [0.1, 0.15) is 28.4 Å². The van der Waals surface area contributed by atoms with E-state index in [9.17, 15) is 4.79 Å². The molecule has 1 atom stereocenters. The van der Waals surface area contributed by atoms with Gasteiger partial charge in [0.05, 0.1) is 25.2 Å². The first-order valence-electron chi connectivity index (χ1n) is 7.03. The number of furan rings is 1. The van der Waals surface area contributed by atoms with E-state index < -0.39 is 0 Å². The number of aromatic nitrogens is 1. The highest BCUT2D eigenvalue weighted by Crippen LogP contribution is 2.17. The number of ether oxygens (including phenoxy) is 1. The zero-order valence-corrected chi connectivity index (χ0v) is 11.9. The van der Waals surface area contributed by atoms with Gasteiger partial charge in [-0.05, 0) is 19.1 Å². The quantitative estimate of drug-likeness (QED) is 0.785. The van der Waals surface area contributed by atoms with Crippen molar-refractivity contribution in [2.75, 3.05) is 19.8 Å². The largest absolute Gasteiger partial charge is 0.461 e. The van der Waals surface area contributed by atoms with Gasteiger partial charge in [0.15, 0.2) is 11.5 Å². The molecule has 2 aromatic rings. The second-order valence-electron chi connectivity index (χ2n) is 5.23. The van der Waals surface area contributed by atoms with Gasteiger partial charge in [-0.1, -0.05) is 5.16 Å². The first kappa shape index (κ1) is 14.0. The number of rotatable bonds is 5. The molecule has 112 valence electrons. The number of nitrogens with zero attached hydrogens (tertiary/aromatic N) is 2. The zero-order valence-electron chi connectivity index (χ0n) is 11.9. The van der Waals surface area contributed by atoms with Gasteiger partial charge in [0, 0.05) is 31.6 Å². The second kappa shape index (κ2) is 6.24. The Morgan fingerprint density at radius 1 is 1.52 bits per heavy atom. The molecule has 2 aromatic heterocycles. The average molecular weight is 290 g/mol. The highest BCUT2D eigenvalue weighted by atomic mass is 16.5. The van der Waals surface area contributed by atoms with Gasteiger partial charge >= 0.3 is 0 Å². The van der Waals surface area contributed by atoms with Crippen LogP contribution in [0, 0.1) is 6.92 Å². The van der Waals surface area contributed by atoms with E-state index in [0.717, 1.165) is 18.0 Å². The lowest BCUT2D eigenvalue weighted by molar-refractivity contribution is -0.0136. The Morgan fingerprint density at radius 2 is 2.43 bits per heavy atom. The Balaban J connectivity index is 1.65.